The quantitative estimate of drug-likeness (QED) is 0.629. The van der Waals surface area contributed by atoms with Crippen LogP contribution in [0.2, 0.25) is 5.02 Å². The summed E-state index contributed by atoms with van der Waals surface area (Å²) in [5.74, 6) is -1.04. The van der Waals surface area contributed by atoms with Gasteiger partial charge in [-0.25, -0.2) is 13.2 Å². The van der Waals surface area contributed by atoms with E-state index in [0.717, 1.165) is 24.0 Å². The Morgan fingerprint density at radius 3 is 2.69 bits per heavy atom. The van der Waals surface area contributed by atoms with Crippen molar-refractivity contribution in [3.05, 3.63) is 58.1 Å². The molecule has 1 unspecified atom stereocenters. The number of hydrogen-bond acceptors (Lipinski definition) is 5. The summed E-state index contributed by atoms with van der Waals surface area (Å²) in [5.41, 5.74) is 2.60. The number of carbonyl (C=O) groups excluding carboxylic acids is 2. The number of nitrogens with zero attached hydrogens (tertiary/aromatic N) is 1. The zero-order valence-corrected chi connectivity index (χ0v) is 19.9. The monoisotopic (exact) mass is 478 g/mol. The van der Waals surface area contributed by atoms with Gasteiger partial charge in [0.15, 0.2) is 6.61 Å². The van der Waals surface area contributed by atoms with Crippen LogP contribution in [0.1, 0.15) is 41.3 Å². The molecule has 2 aromatic rings. The predicted octanol–water partition coefficient (Wildman–Crippen LogP) is 4.17. The van der Waals surface area contributed by atoms with Gasteiger partial charge in [0.05, 0.1) is 10.6 Å². The number of piperidine rings is 1. The van der Waals surface area contributed by atoms with Crippen molar-refractivity contribution in [3.8, 4) is 0 Å². The first-order chi connectivity index (χ1) is 15.1. The lowest BCUT2D eigenvalue weighted by atomic mass is 10.0. The van der Waals surface area contributed by atoms with Gasteiger partial charge in [0.1, 0.15) is 4.90 Å². The lowest BCUT2D eigenvalue weighted by molar-refractivity contribution is -0.119. The zero-order valence-electron chi connectivity index (χ0n) is 18.4. The Morgan fingerprint density at radius 2 is 1.97 bits per heavy atom. The Balaban J connectivity index is 1.70. The van der Waals surface area contributed by atoms with Crippen LogP contribution in [-0.4, -0.2) is 44.3 Å². The Labute approximate surface area is 193 Å². The number of benzene rings is 2. The van der Waals surface area contributed by atoms with E-state index in [4.69, 9.17) is 16.3 Å². The molecule has 1 aliphatic heterocycles. The lowest BCUT2D eigenvalue weighted by Gasteiger charge is -2.30. The largest absolute Gasteiger partial charge is 0.452 e. The summed E-state index contributed by atoms with van der Waals surface area (Å²) in [6.07, 6.45) is 1.74. The maximum atomic E-state index is 13.1. The predicted molar refractivity (Wildman–Crippen MR) is 123 cm³/mol. The van der Waals surface area contributed by atoms with Gasteiger partial charge in [-0.1, -0.05) is 30.7 Å². The van der Waals surface area contributed by atoms with Crippen LogP contribution in [0, 0.1) is 19.8 Å². The van der Waals surface area contributed by atoms with Gasteiger partial charge in [0.2, 0.25) is 10.0 Å². The molecule has 1 fully saturated rings. The molecule has 1 aliphatic rings. The maximum Gasteiger partial charge on any atom is 0.338 e. The molecular weight excluding hydrogens is 452 g/mol. The molecule has 3 rings (SSSR count). The molecule has 0 radical (unpaired) electrons. The van der Waals surface area contributed by atoms with E-state index in [1.807, 2.05) is 32.9 Å². The molecule has 1 saturated heterocycles. The van der Waals surface area contributed by atoms with Crippen LogP contribution < -0.4 is 5.32 Å². The number of nitrogens with one attached hydrogen (secondary N) is 1. The number of halogens is 1. The van der Waals surface area contributed by atoms with Crippen molar-refractivity contribution in [1.29, 1.82) is 0 Å². The van der Waals surface area contributed by atoms with Gasteiger partial charge in [0.25, 0.3) is 5.91 Å². The fraction of sp³-hybridized carbons (Fsp3) is 0.391. The summed E-state index contributed by atoms with van der Waals surface area (Å²) in [7, 11) is -3.85. The van der Waals surface area contributed by atoms with Crippen molar-refractivity contribution in [2.45, 2.75) is 38.5 Å². The van der Waals surface area contributed by atoms with Gasteiger partial charge in [0, 0.05) is 18.8 Å². The van der Waals surface area contributed by atoms with E-state index in [2.05, 4.69) is 5.32 Å². The average molecular weight is 479 g/mol. The van der Waals surface area contributed by atoms with Crippen LogP contribution in [-0.2, 0) is 19.6 Å². The summed E-state index contributed by atoms with van der Waals surface area (Å²) in [6, 6.07) is 9.46. The van der Waals surface area contributed by atoms with Gasteiger partial charge < -0.3 is 10.1 Å². The molecule has 1 atom stereocenters. The van der Waals surface area contributed by atoms with Crippen molar-refractivity contribution in [3.63, 3.8) is 0 Å². The van der Waals surface area contributed by atoms with E-state index in [-0.39, 0.29) is 21.4 Å². The first-order valence-electron chi connectivity index (χ1n) is 10.4. The minimum absolute atomic E-state index is 0.0116. The number of hydrogen-bond donors (Lipinski definition) is 1. The Bertz CT molecular complexity index is 1130. The third kappa shape index (κ3) is 5.49. The second-order valence-corrected chi connectivity index (χ2v) is 10.4. The van der Waals surface area contributed by atoms with Gasteiger partial charge in [-0.05, 0) is 68.0 Å². The zero-order chi connectivity index (χ0) is 23.5. The highest BCUT2D eigenvalue weighted by Crippen LogP contribution is 2.29. The van der Waals surface area contributed by atoms with Gasteiger partial charge in [-0.15, -0.1) is 0 Å². The van der Waals surface area contributed by atoms with E-state index in [1.165, 1.54) is 22.5 Å². The van der Waals surface area contributed by atoms with Crippen LogP contribution in [0.4, 0.5) is 5.69 Å². The molecule has 172 valence electrons. The van der Waals surface area contributed by atoms with Crippen LogP contribution in [0.15, 0.2) is 41.3 Å². The second kappa shape index (κ2) is 10.0. The third-order valence-corrected chi connectivity index (χ3v) is 7.96. The first kappa shape index (κ1) is 24.2. The van der Waals surface area contributed by atoms with Crippen LogP contribution in [0.3, 0.4) is 0 Å². The summed E-state index contributed by atoms with van der Waals surface area (Å²) in [4.78, 5) is 24.6. The summed E-state index contributed by atoms with van der Waals surface area (Å²) >= 11 is 6.16. The fourth-order valence-electron chi connectivity index (χ4n) is 3.62. The van der Waals surface area contributed by atoms with Crippen molar-refractivity contribution in [2.75, 3.05) is 25.0 Å². The van der Waals surface area contributed by atoms with Gasteiger partial charge in [-0.2, -0.15) is 4.31 Å². The van der Waals surface area contributed by atoms with E-state index in [9.17, 15) is 18.0 Å². The third-order valence-electron chi connectivity index (χ3n) is 5.62. The minimum Gasteiger partial charge on any atom is -0.452 e. The molecule has 32 heavy (non-hydrogen) atoms. The van der Waals surface area contributed by atoms with E-state index in [0.29, 0.717) is 18.8 Å². The highest BCUT2D eigenvalue weighted by molar-refractivity contribution is 7.89. The van der Waals surface area contributed by atoms with Crippen molar-refractivity contribution in [2.24, 2.45) is 5.92 Å². The van der Waals surface area contributed by atoms with Crippen LogP contribution in [0.25, 0.3) is 0 Å². The molecule has 2 aromatic carbocycles. The molecule has 9 heteroatoms. The summed E-state index contributed by atoms with van der Waals surface area (Å²) in [5, 5.41) is 2.74. The molecule has 1 N–H and O–H groups in total. The topological polar surface area (TPSA) is 92.8 Å². The fourth-order valence-corrected chi connectivity index (χ4v) is 5.72. The van der Waals surface area contributed by atoms with E-state index in [1.54, 1.807) is 6.07 Å². The average Bonchev–Trinajstić information content (AvgIpc) is 2.75. The number of anilines is 1. The molecule has 0 aromatic heterocycles. The Hall–Kier alpha value is -2.42. The number of sulfonamides is 1. The lowest BCUT2D eigenvalue weighted by Crippen LogP contribution is -2.39. The standard InChI is InChI=1S/C23H27ClN2O5S/c1-15-6-5-11-26(13-15)32(29,30)21-12-18(9-10-19(21)24)23(28)31-14-22(27)25-20-8-4-7-16(2)17(20)3/h4,7-10,12,15H,5-6,11,13-14H2,1-3H3,(H,25,27). The number of rotatable bonds is 6. The summed E-state index contributed by atoms with van der Waals surface area (Å²) < 4.78 is 32.7. The minimum atomic E-state index is -3.85. The number of carbonyl (C=O) groups is 2. The number of esters is 1. The normalized spacial score (nSPS) is 17.1. The molecule has 0 spiro atoms. The van der Waals surface area contributed by atoms with Crippen molar-refractivity contribution < 1.29 is 22.7 Å². The molecule has 7 nitrogen and oxygen atoms in total. The van der Waals surface area contributed by atoms with Gasteiger partial charge in [-0.3, -0.25) is 4.79 Å². The first-order valence-corrected chi connectivity index (χ1v) is 12.2. The molecule has 0 saturated carbocycles. The molecule has 1 amide bonds. The maximum absolute atomic E-state index is 13.1. The highest BCUT2D eigenvalue weighted by Gasteiger charge is 2.31. The van der Waals surface area contributed by atoms with Crippen molar-refractivity contribution in [1.82, 2.24) is 4.31 Å². The molecule has 0 bridgehead atoms. The Kier molecular flexibility index (Phi) is 7.59. The van der Waals surface area contributed by atoms with E-state index >= 15 is 0 Å². The molecule has 0 aliphatic carbocycles. The number of amides is 1. The smallest absolute Gasteiger partial charge is 0.338 e. The highest BCUT2D eigenvalue weighted by atomic mass is 35.5. The van der Waals surface area contributed by atoms with Crippen LogP contribution in [0.5, 0.6) is 0 Å². The summed E-state index contributed by atoms with van der Waals surface area (Å²) in [6.45, 7) is 6.14. The second-order valence-electron chi connectivity index (χ2n) is 8.13. The van der Waals surface area contributed by atoms with Gasteiger partial charge >= 0.3 is 5.97 Å². The van der Waals surface area contributed by atoms with Crippen molar-refractivity contribution >= 4 is 39.2 Å². The molecule has 1 heterocycles. The number of aryl methyl sites for hydroxylation is 1. The Morgan fingerprint density at radius 1 is 1.22 bits per heavy atom. The van der Waals surface area contributed by atoms with Crippen LogP contribution >= 0.6 is 11.6 Å². The SMILES string of the molecule is Cc1cccc(NC(=O)COC(=O)c2ccc(Cl)c(S(=O)(=O)N3CCCC(C)C3)c2)c1C. The number of ether oxygens (including phenoxy) is 1. The van der Waals surface area contributed by atoms with E-state index < -0.39 is 28.5 Å². The molecular formula is C23H27ClN2O5S.